The number of carboxylic acids is 1. The molecule has 8 heteroatoms. The van der Waals surface area contributed by atoms with Gasteiger partial charge in [-0.25, -0.2) is 0 Å². The van der Waals surface area contributed by atoms with Crippen molar-refractivity contribution in [3.05, 3.63) is 22.7 Å². The zero-order valence-corrected chi connectivity index (χ0v) is 12.7. The van der Waals surface area contributed by atoms with Crippen LogP contribution >= 0.6 is 15.9 Å². The van der Waals surface area contributed by atoms with Crippen molar-refractivity contribution in [1.82, 2.24) is 15.1 Å². The molecule has 21 heavy (non-hydrogen) atoms. The molecule has 0 radical (unpaired) electrons. The minimum Gasteiger partial charge on any atom is -0.481 e. The normalized spacial score (nSPS) is 19.2. The van der Waals surface area contributed by atoms with Crippen LogP contribution in [0.25, 0.3) is 11.7 Å². The smallest absolute Gasteiger partial charge is 0.303 e. The number of hydrogen-bond acceptors (Lipinski definition) is 6. The lowest BCUT2D eigenvalue weighted by atomic mass is 10.1. The highest BCUT2D eigenvalue weighted by molar-refractivity contribution is 9.10. The second kappa shape index (κ2) is 5.98. The number of furan rings is 1. The van der Waals surface area contributed by atoms with Crippen molar-refractivity contribution in [3.8, 4) is 11.7 Å². The highest BCUT2D eigenvalue weighted by Crippen LogP contribution is 2.25. The van der Waals surface area contributed by atoms with Gasteiger partial charge in [-0.3, -0.25) is 9.69 Å². The topological polar surface area (TPSA) is 92.6 Å². The predicted molar refractivity (Wildman–Crippen MR) is 75.3 cm³/mol. The minimum absolute atomic E-state index is 0.200. The lowest BCUT2D eigenvalue weighted by Crippen LogP contribution is -2.21. The van der Waals surface area contributed by atoms with Gasteiger partial charge in [0.2, 0.25) is 5.89 Å². The fourth-order valence-corrected chi connectivity index (χ4v) is 2.81. The van der Waals surface area contributed by atoms with E-state index < -0.39 is 5.97 Å². The molecule has 2 aromatic heterocycles. The Morgan fingerprint density at radius 1 is 1.43 bits per heavy atom. The predicted octanol–water partition coefficient (Wildman–Crippen LogP) is 2.39. The Morgan fingerprint density at radius 2 is 2.29 bits per heavy atom. The van der Waals surface area contributed by atoms with Crippen LogP contribution < -0.4 is 0 Å². The summed E-state index contributed by atoms with van der Waals surface area (Å²) in [7, 11) is 0. The van der Waals surface area contributed by atoms with Crippen LogP contribution in [0.2, 0.25) is 0 Å². The number of aliphatic carboxylic acids is 1. The number of aromatic nitrogens is 2. The van der Waals surface area contributed by atoms with Crippen molar-refractivity contribution in [2.45, 2.75) is 19.4 Å². The fourth-order valence-electron chi connectivity index (χ4n) is 2.51. The van der Waals surface area contributed by atoms with Crippen LogP contribution in [-0.4, -0.2) is 39.3 Å². The van der Waals surface area contributed by atoms with E-state index in [4.69, 9.17) is 13.9 Å². The largest absolute Gasteiger partial charge is 0.481 e. The first-order chi connectivity index (χ1) is 10.1. The first-order valence-corrected chi connectivity index (χ1v) is 7.41. The van der Waals surface area contributed by atoms with Crippen LogP contribution in [0.5, 0.6) is 0 Å². The zero-order chi connectivity index (χ0) is 14.8. The number of rotatable bonds is 5. The maximum Gasteiger partial charge on any atom is 0.303 e. The second-order valence-corrected chi connectivity index (χ2v) is 5.87. The maximum atomic E-state index is 10.7. The molecule has 3 heterocycles. The second-order valence-electron chi connectivity index (χ2n) is 5.09. The van der Waals surface area contributed by atoms with E-state index in [1.807, 2.05) is 0 Å². The van der Waals surface area contributed by atoms with E-state index in [0.717, 1.165) is 19.5 Å². The molecule has 1 unspecified atom stereocenters. The summed E-state index contributed by atoms with van der Waals surface area (Å²) in [6, 6.07) is 3.51. The molecular formula is C13H14BrN3O4. The number of halogens is 1. The van der Waals surface area contributed by atoms with Gasteiger partial charge in [0.05, 0.1) is 6.54 Å². The highest BCUT2D eigenvalue weighted by atomic mass is 79.9. The van der Waals surface area contributed by atoms with Crippen LogP contribution in [0.15, 0.2) is 25.6 Å². The van der Waals surface area contributed by atoms with E-state index in [1.54, 1.807) is 12.1 Å². The average molecular weight is 356 g/mol. The first-order valence-electron chi connectivity index (χ1n) is 6.62. The van der Waals surface area contributed by atoms with Gasteiger partial charge in [-0.1, -0.05) is 0 Å². The van der Waals surface area contributed by atoms with Crippen molar-refractivity contribution in [1.29, 1.82) is 0 Å². The Morgan fingerprint density at radius 3 is 3.00 bits per heavy atom. The summed E-state index contributed by atoms with van der Waals surface area (Å²) < 4.78 is 11.5. The molecule has 1 fully saturated rings. The Bertz CT molecular complexity index is 639. The van der Waals surface area contributed by atoms with E-state index in [-0.39, 0.29) is 12.3 Å². The molecule has 112 valence electrons. The third-order valence-electron chi connectivity index (χ3n) is 3.44. The van der Waals surface area contributed by atoms with Crippen LogP contribution in [0.3, 0.4) is 0 Å². The molecule has 0 aliphatic carbocycles. The van der Waals surface area contributed by atoms with Gasteiger partial charge in [0, 0.05) is 13.0 Å². The van der Waals surface area contributed by atoms with E-state index >= 15 is 0 Å². The lowest BCUT2D eigenvalue weighted by Gasteiger charge is -2.12. The average Bonchev–Trinajstić information content (AvgIpc) is 3.11. The molecule has 0 spiro atoms. The molecule has 1 aliphatic rings. The number of nitrogens with zero attached hydrogens (tertiary/aromatic N) is 3. The third-order valence-corrected chi connectivity index (χ3v) is 3.87. The summed E-state index contributed by atoms with van der Waals surface area (Å²) in [5, 5.41) is 16.8. The Kier molecular flexibility index (Phi) is 4.07. The minimum atomic E-state index is -0.745. The van der Waals surface area contributed by atoms with Crippen LogP contribution in [-0.2, 0) is 11.3 Å². The van der Waals surface area contributed by atoms with Crippen molar-refractivity contribution < 1.29 is 18.7 Å². The fraction of sp³-hybridized carbons (Fsp3) is 0.462. The number of hydrogen-bond donors (Lipinski definition) is 1. The van der Waals surface area contributed by atoms with E-state index in [2.05, 4.69) is 31.0 Å². The summed E-state index contributed by atoms with van der Waals surface area (Å²) >= 11 is 3.22. The number of carboxylic acid groups (broad SMARTS) is 1. The van der Waals surface area contributed by atoms with Gasteiger partial charge in [0.1, 0.15) is 0 Å². The maximum absolute atomic E-state index is 10.7. The Balaban J connectivity index is 1.59. The van der Waals surface area contributed by atoms with E-state index in [9.17, 15) is 4.79 Å². The Labute approximate surface area is 129 Å². The van der Waals surface area contributed by atoms with Gasteiger partial charge in [0.25, 0.3) is 5.89 Å². The van der Waals surface area contributed by atoms with Crippen LogP contribution in [0.1, 0.15) is 18.7 Å². The van der Waals surface area contributed by atoms with Gasteiger partial charge in [-0.2, -0.15) is 0 Å². The molecule has 7 nitrogen and oxygen atoms in total. The van der Waals surface area contributed by atoms with Crippen molar-refractivity contribution in [2.24, 2.45) is 5.92 Å². The van der Waals surface area contributed by atoms with E-state index in [0.29, 0.717) is 28.8 Å². The summed E-state index contributed by atoms with van der Waals surface area (Å²) in [4.78, 5) is 12.8. The molecule has 3 rings (SSSR count). The van der Waals surface area contributed by atoms with Crippen molar-refractivity contribution in [2.75, 3.05) is 13.1 Å². The molecule has 2 aromatic rings. The zero-order valence-electron chi connectivity index (χ0n) is 11.2. The van der Waals surface area contributed by atoms with Crippen LogP contribution in [0, 0.1) is 5.92 Å². The Hall–Kier alpha value is -1.67. The summed E-state index contributed by atoms with van der Waals surface area (Å²) in [5.41, 5.74) is 0. The quantitative estimate of drug-likeness (QED) is 0.879. The summed E-state index contributed by atoms with van der Waals surface area (Å²) in [5.74, 6) is 0.826. The molecule has 0 amide bonds. The molecule has 1 atom stereocenters. The summed E-state index contributed by atoms with van der Waals surface area (Å²) in [6.07, 6.45) is 1.10. The van der Waals surface area contributed by atoms with Crippen LogP contribution in [0.4, 0.5) is 0 Å². The highest BCUT2D eigenvalue weighted by Gasteiger charge is 2.26. The standard InChI is InChI=1S/C13H14BrN3O4/c14-10-2-1-9(20-10)13-16-15-11(21-13)7-17-4-3-8(6-17)5-12(18)19/h1-2,8H,3-7H2,(H,18,19). The molecule has 0 aromatic carbocycles. The summed E-state index contributed by atoms with van der Waals surface area (Å²) in [6.45, 7) is 2.13. The van der Waals surface area contributed by atoms with Gasteiger partial charge in [-0.15, -0.1) is 10.2 Å². The van der Waals surface area contributed by atoms with E-state index in [1.165, 1.54) is 0 Å². The lowest BCUT2D eigenvalue weighted by molar-refractivity contribution is -0.138. The molecular weight excluding hydrogens is 342 g/mol. The van der Waals surface area contributed by atoms with Gasteiger partial charge >= 0.3 is 5.97 Å². The molecule has 0 bridgehead atoms. The first kappa shape index (κ1) is 14.3. The molecule has 0 saturated carbocycles. The van der Waals surface area contributed by atoms with Gasteiger partial charge < -0.3 is 13.9 Å². The molecule has 1 saturated heterocycles. The molecule has 1 N–H and O–H groups in total. The monoisotopic (exact) mass is 355 g/mol. The SMILES string of the molecule is O=C(O)CC1CCN(Cc2nnc(-c3ccc(Br)o3)o2)C1. The van der Waals surface area contributed by atoms with Gasteiger partial charge in [0.15, 0.2) is 10.4 Å². The van der Waals surface area contributed by atoms with Crippen molar-refractivity contribution in [3.63, 3.8) is 0 Å². The molecule has 1 aliphatic heterocycles. The van der Waals surface area contributed by atoms with Crippen molar-refractivity contribution >= 4 is 21.9 Å². The number of carbonyl (C=O) groups is 1. The number of likely N-dealkylation sites (tertiary alicyclic amines) is 1. The van der Waals surface area contributed by atoms with Gasteiger partial charge in [-0.05, 0) is 46.9 Å². The third kappa shape index (κ3) is 3.51.